The zero-order valence-corrected chi connectivity index (χ0v) is 22.3. The van der Waals surface area contributed by atoms with Gasteiger partial charge in [0.2, 0.25) is 0 Å². The fourth-order valence-electron chi connectivity index (χ4n) is 2.77. The van der Waals surface area contributed by atoms with E-state index in [1.807, 2.05) is 0 Å². The summed E-state index contributed by atoms with van der Waals surface area (Å²) < 4.78 is 384. The van der Waals surface area contributed by atoms with Crippen LogP contribution in [0.25, 0.3) is 0 Å². The van der Waals surface area contributed by atoms with E-state index < -0.39 is 110 Å². The Morgan fingerprint density at radius 2 is 0.612 bits per heavy atom. The Morgan fingerprint density at radius 1 is 0.429 bits per heavy atom. The molecule has 0 unspecified atom stereocenters. The molecule has 1 N–H and O–H groups in total. The lowest BCUT2D eigenvalue weighted by molar-refractivity contribution is -0.483. The van der Waals surface area contributed by atoms with Crippen molar-refractivity contribution in [3.05, 3.63) is 0 Å². The smallest absolute Gasteiger partial charge is 0.460 e. The van der Waals surface area contributed by atoms with Crippen molar-refractivity contribution in [2.45, 2.75) is 76.6 Å². The highest BCUT2D eigenvalue weighted by Gasteiger charge is 3.00. The lowest BCUT2D eigenvalue weighted by Crippen LogP contribution is -2.79. The molecule has 0 radical (unpaired) electrons. The number of likely N-dealkylation sites (N-methyl/N-ethyl adjacent to an activating group) is 1. The third kappa shape index (κ3) is 5.55. The molecule has 0 bridgehead atoms. The Bertz CT molecular complexity index is 1360. The van der Waals surface area contributed by atoms with Gasteiger partial charge in [-0.3, -0.25) is 4.79 Å². The quantitative estimate of drug-likeness (QED) is 0.174. The normalized spacial score (nSPS) is 16.8. The highest BCUT2D eigenvalue weighted by Crippen LogP contribution is 2.68. The molecule has 0 aliphatic heterocycles. The number of alkyl halides is 27. The second-order valence-electron chi connectivity index (χ2n) is 8.99. The van der Waals surface area contributed by atoms with Crippen LogP contribution in [0.5, 0.6) is 0 Å². The summed E-state index contributed by atoms with van der Waals surface area (Å²) in [5.74, 6) is -108. The lowest BCUT2D eigenvalue weighted by atomic mass is 9.84. The summed E-state index contributed by atoms with van der Waals surface area (Å²) in [5, 5.41) is 0.0110. The molecule has 0 rings (SSSR count). The van der Waals surface area contributed by atoms with Crippen LogP contribution in [0.2, 0.25) is 0 Å². The van der Waals surface area contributed by atoms with E-state index in [0.717, 1.165) is 0 Å². The Balaban J connectivity index is 7.60. The van der Waals surface area contributed by atoms with Crippen LogP contribution in [0.15, 0.2) is 0 Å². The predicted octanol–water partition coefficient (Wildman–Crippen LogP) is 7.48. The number of rotatable bonds is 15. The van der Waals surface area contributed by atoms with E-state index in [4.69, 9.17) is 5.11 Å². The molecule has 0 aliphatic rings. The maximum Gasteiger partial charge on any atom is 0.460 e. The zero-order valence-electron chi connectivity index (χ0n) is 21.4. The molecule has 0 amide bonds. The van der Waals surface area contributed by atoms with Crippen LogP contribution in [0, 0.1) is 0 Å². The lowest BCUT2D eigenvalue weighted by Gasteiger charge is -2.46. The Hall–Kier alpha value is -2.51. The highest BCUT2D eigenvalue weighted by molar-refractivity contribution is 7.90. The minimum absolute atomic E-state index is 0.612. The van der Waals surface area contributed by atoms with Crippen LogP contribution in [0.1, 0.15) is 0 Å². The van der Waals surface area contributed by atoms with Crippen molar-refractivity contribution in [3.63, 3.8) is 0 Å². The highest BCUT2D eigenvalue weighted by atomic mass is 32.2. The Morgan fingerprint density at radius 3 is 0.796 bits per heavy atom. The van der Waals surface area contributed by atoms with E-state index in [9.17, 15) is 132 Å². The number of aliphatic carboxylic acids is 1. The van der Waals surface area contributed by atoms with Gasteiger partial charge in [0.05, 0.1) is 0 Å². The minimum atomic E-state index is -9.95. The van der Waals surface area contributed by atoms with Crippen LogP contribution in [-0.2, 0) is 14.8 Å². The summed E-state index contributed by atoms with van der Waals surface area (Å²) >= 11 is 0. The number of hydrogen-bond acceptors (Lipinski definition) is 3. The second-order valence-corrected chi connectivity index (χ2v) is 11.1. The fraction of sp³-hybridized carbons (Fsp3) is 0.938. The minimum Gasteiger partial charge on any atom is -0.480 e. The van der Waals surface area contributed by atoms with Gasteiger partial charge in [0.15, 0.2) is 0 Å². The average molecular weight is 821 g/mol. The van der Waals surface area contributed by atoms with E-state index >= 15 is 0 Å². The van der Waals surface area contributed by atoms with Crippen molar-refractivity contribution in [1.82, 2.24) is 4.31 Å². The maximum atomic E-state index is 13.9. The number of hydrogen-bond donors (Lipinski definition) is 1. The van der Waals surface area contributed by atoms with Gasteiger partial charge in [-0.2, -0.15) is 123 Å². The molecule has 0 atom stereocenters. The van der Waals surface area contributed by atoms with Crippen molar-refractivity contribution < 1.29 is 137 Å². The largest absolute Gasteiger partial charge is 0.480 e. The number of carboxylic acids is 1. The molecule has 0 heterocycles. The molecule has 0 fully saturated rings. The summed E-state index contributed by atoms with van der Waals surface area (Å²) in [4.78, 5) is 10.3. The van der Waals surface area contributed by atoms with Gasteiger partial charge in [-0.1, -0.05) is 0 Å². The van der Waals surface area contributed by atoms with Crippen LogP contribution in [0.3, 0.4) is 0 Å². The van der Waals surface area contributed by atoms with Crippen molar-refractivity contribution in [2.75, 3.05) is 13.6 Å². The molecule has 0 aromatic heterocycles. The van der Waals surface area contributed by atoms with Crippen molar-refractivity contribution in [2.24, 2.45) is 0 Å². The van der Waals surface area contributed by atoms with Gasteiger partial charge in [0.1, 0.15) is 6.54 Å². The van der Waals surface area contributed by atoms with Gasteiger partial charge in [0, 0.05) is 7.05 Å². The monoisotopic (exact) mass is 821 g/mol. The first-order valence-electron chi connectivity index (χ1n) is 10.4. The molecule has 0 aromatic rings. The molecule has 33 heteroatoms. The third-order valence-corrected chi connectivity index (χ3v) is 7.61. The van der Waals surface area contributed by atoms with Gasteiger partial charge in [-0.05, 0) is 0 Å². The van der Waals surface area contributed by atoms with E-state index in [1.165, 1.54) is 0 Å². The standard InChI is InChI=1S/C16H6F27NO4S/c1-44(2-3(45)46)49(47,48)16(42,43)14(37,38)12(33,34)10(29,30)8(25,26)6(21,22)4(17,18)5(19,20)7(23,24)9(27,28)11(31,32)13(35,36)15(39,40)41/h2H2,1H3,(H,45,46). The van der Waals surface area contributed by atoms with Gasteiger partial charge in [0.25, 0.3) is 10.0 Å². The summed E-state index contributed by atoms with van der Waals surface area (Å²) in [7, 11) is -8.59. The Kier molecular flexibility index (Phi) is 10.9. The van der Waals surface area contributed by atoms with Crippen molar-refractivity contribution in [1.29, 1.82) is 0 Å². The molecule has 5 nitrogen and oxygen atoms in total. The summed E-state index contributed by atoms with van der Waals surface area (Å²) in [6.07, 6.45) is -8.30. The van der Waals surface area contributed by atoms with Crippen molar-refractivity contribution in [3.8, 4) is 0 Å². The number of sulfonamides is 1. The summed E-state index contributed by atoms with van der Waals surface area (Å²) in [6, 6.07) is 0. The predicted molar refractivity (Wildman–Crippen MR) is 94.6 cm³/mol. The van der Waals surface area contributed by atoms with Gasteiger partial charge >= 0.3 is 82.5 Å². The molecule has 0 spiro atoms. The number of carbonyl (C=O) groups is 1. The average Bonchev–Trinajstić information content (AvgIpc) is 2.85. The number of carboxylic acid groups (broad SMARTS) is 1. The van der Waals surface area contributed by atoms with E-state index in [2.05, 4.69) is 0 Å². The van der Waals surface area contributed by atoms with E-state index in [-0.39, 0.29) is 0 Å². The molecule has 0 saturated carbocycles. The van der Waals surface area contributed by atoms with Gasteiger partial charge in [-0.25, -0.2) is 8.42 Å². The molecule has 0 saturated heterocycles. The molecular formula is C16H6F27NO4S. The first kappa shape index (κ1) is 46.5. The summed E-state index contributed by atoms with van der Waals surface area (Å²) in [5.41, 5.74) is 0. The first-order chi connectivity index (χ1) is 20.6. The molecule has 0 aliphatic carbocycles. The number of nitrogens with zero attached hydrogens (tertiary/aromatic N) is 1. The zero-order chi connectivity index (χ0) is 40.9. The molecule has 294 valence electrons. The van der Waals surface area contributed by atoms with E-state index in [0.29, 0.717) is 0 Å². The summed E-state index contributed by atoms with van der Waals surface area (Å²) in [6.45, 7) is -2.56. The second kappa shape index (κ2) is 11.5. The maximum absolute atomic E-state index is 13.9. The van der Waals surface area contributed by atoms with Gasteiger partial charge in [-0.15, -0.1) is 0 Å². The molecule has 49 heavy (non-hydrogen) atoms. The van der Waals surface area contributed by atoms with Crippen LogP contribution in [0.4, 0.5) is 119 Å². The Labute approximate surface area is 248 Å². The van der Waals surface area contributed by atoms with Crippen LogP contribution in [-0.4, -0.2) is 114 Å². The number of halogens is 27. The fourth-order valence-corrected chi connectivity index (χ4v) is 3.89. The van der Waals surface area contributed by atoms with Gasteiger partial charge < -0.3 is 5.11 Å². The SMILES string of the molecule is CN(CC(=O)O)S(=O)(=O)C(F)(F)C(F)(F)C(F)(F)C(F)(F)C(F)(F)C(F)(F)C(F)(F)C(F)(F)C(F)(F)C(F)(F)C(F)(F)C(F)(F)C(F)(F)F. The molecular weight excluding hydrogens is 815 g/mol. The van der Waals surface area contributed by atoms with E-state index in [1.54, 1.807) is 0 Å². The third-order valence-electron chi connectivity index (χ3n) is 5.76. The topological polar surface area (TPSA) is 74.7 Å². The van der Waals surface area contributed by atoms with Crippen LogP contribution >= 0.6 is 0 Å². The van der Waals surface area contributed by atoms with Crippen molar-refractivity contribution >= 4 is 16.0 Å². The first-order valence-corrected chi connectivity index (χ1v) is 11.8. The molecule has 0 aromatic carbocycles. The van der Waals surface area contributed by atoms with Crippen LogP contribution < -0.4 is 0 Å².